The topological polar surface area (TPSA) is 123 Å². The highest BCUT2D eigenvalue weighted by Crippen LogP contribution is 2.27. The Bertz CT molecular complexity index is 1300. The van der Waals surface area contributed by atoms with Crippen LogP contribution in [0.5, 0.6) is 5.75 Å². The van der Waals surface area contributed by atoms with Crippen LogP contribution in [0.25, 0.3) is 6.08 Å². The number of halogens is 3. The highest BCUT2D eigenvalue weighted by Gasteiger charge is 2.34. The van der Waals surface area contributed by atoms with Gasteiger partial charge in [-0.25, -0.2) is 18.5 Å². The van der Waals surface area contributed by atoms with Crippen molar-refractivity contribution in [1.82, 2.24) is 14.8 Å². The summed E-state index contributed by atoms with van der Waals surface area (Å²) in [5, 5.41) is 5.04. The first kappa shape index (κ1) is 24.4. The largest absolute Gasteiger partial charge is 0.573 e. The van der Waals surface area contributed by atoms with Crippen molar-refractivity contribution >= 4 is 27.9 Å². The van der Waals surface area contributed by atoms with Gasteiger partial charge in [0, 0.05) is 38.5 Å². The number of aromatic nitrogens is 1. The molecule has 0 atom stereocenters. The number of hydrogen-bond acceptors (Lipinski definition) is 6. The lowest BCUT2D eigenvalue weighted by Crippen LogP contribution is -2.36. The molecule has 0 saturated carbocycles. The van der Waals surface area contributed by atoms with E-state index in [1.807, 2.05) is 0 Å². The van der Waals surface area contributed by atoms with Gasteiger partial charge in [0.25, 0.3) is 5.91 Å². The first-order valence-corrected chi connectivity index (χ1v) is 11.7. The van der Waals surface area contributed by atoms with Gasteiger partial charge in [-0.05, 0) is 47.1 Å². The molecule has 0 spiro atoms. The van der Waals surface area contributed by atoms with E-state index in [1.165, 1.54) is 36.4 Å². The molecule has 2 aliphatic heterocycles. The number of carbonyl (C=O) groups excluding carboxylic acids is 2. The summed E-state index contributed by atoms with van der Waals surface area (Å²) in [5.41, 5.74) is 2.50. The highest BCUT2D eigenvalue weighted by atomic mass is 32.2. The van der Waals surface area contributed by atoms with Gasteiger partial charge in [0.1, 0.15) is 16.3 Å². The van der Waals surface area contributed by atoms with Crippen LogP contribution in [-0.4, -0.2) is 67.6 Å². The van der Waals surface area contributed by atoms with E-state index in [0.717, 1.165) is 29.5 Å². The molecule has 0 aliphatic carbocycles. The summed E-state index contributed by atoms with van der Waals surface area (Å²) < 4.78 is 63.2. The van der Waals surface area contributed by atoms with Crippen LogP contribution in [0.2, 0.25) is 0 Å². The molecule has 0 fully saturated rings. The summed E-state index contributed by atoms with van der Waals surface area (Å²) in [4.78, 5) is 32.1. The summed E-state index contributed by atoms with van der Waals surface area (Å²) in [6, 6.07) is 7.64. The molecular formula is C22H19F3N4O5S. The SMILES string of the molecule is NS(=O)(=O)c1ccc(C(=O)N2CC3=C(CN(C(=O)C=Cc4ccc(OC(F)(F)F)cc4)C3)C2)nc1. The van der Waals surface area contributed by atoms with Crippen LogP contribution in [0.15, 0.2) is 64.7 Å². The summed E-state index contributed by atoms with van der Waals surface area (Å²) >= 11 is 0. The van der Waals surface area contributed by atoms with Crippen molar-refractivity contribution in [2.75, 3.05) is 26.2 Å². The fourth-order valence-electron chi connectivity index (χ4n) is 3.77. The summed E-state index contributed by atoms with van der Waals surface area (Å²) in [6.07, 6.45) is -0.910. The summed E-state index contributed by atoms with van der Waals surface area (Å²) in [5.74, 6) is -0.986. The molecule has 0 saturated heterocycles. The normalized spacial score (nSPS) is 16.2. The Morgan fingerprint density at radius 1 is 0.971 bits per heavy atom. The number of primary sulfonamides is 1. The third-order valence-electron chi connectivity index (χ3n) is 5.44. The Morgan fingerprint density at radius 2 is 1.57 bits per heavy atom. The molecule has 0 unspecified atom stereocenters. The summed E-state index contributed by atoms with van der Waals surface area (Å²) in [6.45, 7) is 1.33. The molecule has 1 aromatic heterocycles. The summed E-state index contributed by atoms with van der Waals surface area (Å²) in [7, 11) is -3.91. The molecule has 2 aliphatic rings. The number of hydrogen-bond donors (Lipinski definition) is 1. The van der Waals surface area contributed by atoms with Crippen molar-refractivity contribution in [3.63, 3.8) is 0 Å². The number of sulfonamides is 1. The second kappa shape index (κ2) is 9.15. The Balaban J connectivity index is 1.30. The standard InChI is InChI=1S/C22H19F3N4O5S/c23-22(24,25)34-17-4-1-14(2-5-17)3-8-20(30)28-10-15-12-29(13-16(15)11-28)21(31)19-7-6-18(9-27-19)35(26,32)33/h1-9H,10-13H2,(H2,26,32,33). The maximum atomic E-state index is 12.7. The first-order valence-electron chi connectivity index (χ1n) is 10.2. The Morgan fingerprint density at radius 3 is 2.09 bits per heavy atom. The lowest BCUT2D eigenvalue weighted by atomic mass is 10.2. The zero-order valence-electron chi connectivity index (χ0n) is 18.0. The molecule has 9 nitrogen and oxygen atoms in total. The number of pyridine rings is 1. The van der Waals surface area contributed by atoms with Crippen molar-refractivity contribution < 1.29 is 35.9 Å². The van der Waals surface area contributed by atoms with Crippen LogP contribution in [0.4, 0.5) is 13.2 Å². The molecule has 2 amide bonds. The lowest BCUT2D eigenvalue weighted by Gasteiger charge is -2.22. The van der Waals surface area contributed by atoms with E-state index in [1.54, 1.807) is 9.80 Å². The zero-order valence-corrected chi connectivity index (χ0v) is 18.8. The Labute approximate surface area is 198 Å². The molecule has 35 heavy (non-hydrogen) atoms. The number of nitrogens with two attached hydrogens (primary N) is 1. The molecule has 3 heterocycles. The van der Waals surface area contributed by atoms with Crippen LogP contribution < -0.4 is 9.88 Å². The number of nitrogens with zero attached hydrogens (tertiary/aromatic N) is 3. The molecular weight excluding hydrogens is 489 g/mol. The van der Waals surface area contributed by atoms with Crippen molar-refractivity contribution in [3.8, 4) is 5.75 Å². The van der Waals surface area contributed by atoms with Gasteiger partial charge >= 0.3 is 6.36 Å². The van der Waals surface area contributed by atoms with Crippen molar-refractivity contribution in [2.24, 2.45) is 5.14 Å². The van der Waals surface area contributed by atoms with E-state index in [-0.39, 0.29) is 28.2 Å². The number of carbonyl (C=O) groups is 2. The monoisotopic (exact) mass is 508 g/mol. The minimum atomic E-state index is -4.77. The minimum absolute atomic E-state index is 0.0843. The molecule has 13 heteroatoms. The van der Waals surface area contributed by atoms with Gasteiger partial charge in [0.15, 0.2) is 0 Å². The molecule has 1 aromatic carbocycles. The third-order valence-corrected chi connectivity index (χ3v) is 6.34. The van der Waals surface area contributed by atoms with E-state index < -0.39 is 16.4 Å². The van der Waals surface area contributed by atoms with E-state index in [2.05, 4.69) is 9.72 Å². The van der Waals surface area contributed by atoms with Gasteiger partial charge in [-0.15, -0.1) is 13.2 Å². The average Bonchev–Trinajstić information content (AvgIpc) is 3.36. The van der Waals surface area contributed by atoms with Gasteiger partial charge in [0.05, 0.1) is 0 Å². The van der Waals surface area contributed by atoms with Crippen molar-refractivity contribution in [1.29, 1.82) is 0 Å². The number of rotatable bonds is 5. The van der Waals surface area contributed by atoms with Gasteiger partial charge in [0.2, 0.25) is 15.9 Å². The number of alkyl halides is 3. The maximum absolute atomic E-state index is 12.7. The molecule has 4 rings (SSSR count). The predicted octanol–water partition coefficient (Wildman–Crippen LogP) is 1.94. The van der Waals surface area contributed by atoms with Gasteiger partial charge in [-0.3, -0.25) is 9.59 Å². The number of benzene rings is 1. The fraction of sp³-hybridized carbons (Fsp3) is 0.227. The smallest absolute Gasteiger partial charge is 0.406 e. The molecule has 2 N–H and O–H groups in total. The van der Waals surface area contributed by atoms with Crippen LogP contribution >= 0.6 is 0 Å². The minimum Gasteiger partial charge on any atom is -0.406 e. The first-order chi connectivity index (χ1) is 16.4. The maximum Gasteiger partial charge on any atom is 0.573 e. The van der Waals surface area contributed by atoms with Gasteiger partial charge in [-0.2, -0.15) is 0 Å². The van der Waals surface area contributed by atoms with E-state index >= 15 is 0 Å². The van der Waals surface area contributed by atoms with E-state index in [9.17, 15) is 31.2 Å². The van der Waals surface area contributed by atoms with Gasteiger partial charge in [-0.1, -0.05) is 12.1 Å². The van der Waals surface area contributed by atoms with Crippen LogP contribution in [0.3, 0.4) is 0 Å². The van der Waals surface area contributed by atoms with Crippen molar-refractivity contribution in [2.45, 2.75) is 11.3 Å². The number of ether oxygens (including phenoxy) is 1. The Hall–Kier alpha value is -3.71. The molecule has 2 aromatic rings. The molecule has 0 bridgehead atoms. The molecule has 184 valence electrons. The van der Waals surface area contributed by atoms with Crippen LogP contribution in [0, 0.1) is 0 Å². The highest BCUT2D eigenvalue weighted by molar-refractivity contribution is 7.89. The van der Waals surface area contributed by atoms with Crippen LogP contribution in [0.1, 0.15) is 16.1 Å². The third kappa shape index (κ3) is 5.87. The quantitative estimate of drug-likeness (QED) is 0.487. The fourth-order valence-corrected chi connectivity index (χ4v) is 4.23. The predicted molar refractivity (Wildman–Crippen MR) is 117 cm³/mol. The lowest BCUT2D eigenvalue weighted by molar-refractivity contribution is -0.274. The van der Waals surface area contributed by atoms with E-state index in [4.69, 9.17) is 5.14 Å². The second-order valence-electron chi connectivity index (χ2n) is 7.94. The zero-order chi connectivity index (χ0) is 25.4. The van der Waals surface area contributed by atoms with Crippen molar-refractivity contribution in [3.05, 3.63) is 71.1 Å². The second-order valence-corrected chi connectivity index (χ2v) is 9.50. The van der Waals surface area contributed by atoms with Crippen LogP contribution in [-0.2, 0) is 14.8 Å². The van der Waals surface area contributed by atoms with E-state index in [0.29, 0.717) is 31.7 Å². The Kier molecular flexibility index (Phi) is 6.38. The van der Waals surface area contributed by atoms with Gasteiger partial charge < -0.3 is 14.5 Å². The number of amides is 2. The molecule has 0 radical (unpaired) electrons. The average molecular weight is 508 g/mol.